The molecule has 0 spiro atoms. The maximum absolute atomic E-state index is 11.9. The first kappa shape index (κ1) is 16.2. The minimum Gasteiger partial charge on any atom is -0.345 e. The Morgan fingerprint density at radius 1 is 1.35 bits per heavy atom. The summed E-state index contributed by atoms with van der Waals surface area (Å²) in [5, 5.41) is 2.79. The van der Waals surface area contributed by atoms with Gasteiger partial charge in [-0.2, -0.15) is 0 Å². The normalized spacial score (nSPS) is 11.8. The van der Waals surface area contributed by atoms with Crippen LogP contribution in [0.4, 0.5) is 5.69 Å². The van der Waals surface area contributed by atoms with Crippen LogP contribution in [0.25, 0.3) is 0 Å². The Labute approximate surface area is 120 Å². The molecule has 0 aliphatic heterocycles. The minimum absolute atomic E-state index is 0.0987. The van der Waals surface area contributed by atoms with Crippen LogP contribution in [-0.2, 0) is 4.79 Å². The fourth-order valence-electron chi connectivity index (χ4n) is 1.82. The van der Waals surface area contributed by atoms with Gasteiger partial charge in [0, 0.05) is 25.3 Å². The molecule has 0 saturated heterocycles. The highest BCUT2D eigenvalue weighted by atomic mass is 16.2. The predicted octanol–water partition coefficient (Wildman–Crippen LogP) is 1.76. The number of carbonyl (C=O) groups is 2. The molecule has 5 nitrogen and oxygen atoms in total. The van der Waals surface area contributed by atoms with Crippen LogP contribution >= 0.6 is 0 Å². The molecule has 0 heterocycles. The third-order valence-corrected chi connectivity index (χ3v) is 3.09. The molecule has 1 atom stereocenters. The fourth-order valence-corrected chi connectivity index (χ4v) is 1.82. The number of nitrogens with two attached hydrogens (primary N) is 1. The third kappa shape index (κ3) is 4.06. The van der Waals surface area contributed by atoms with Crippen LogP contribution in [-0.4, -0.2) is 36.9 Å². The van der Waals surface area contributed by atoms with Crippen molar-refractivity contribution in [3.8, 4) is 0 Å². The predicted molar refractivity (Wildman–Crippen MR) is 80.7 cm³/mol. The summed E-state index contributed by atoms with van der Waals surface area (Å²) < 4.78 is 0. The number of hydrogen-bond acceptors (Lipinski definition) is 3. The number of nitrogens with zero attached hydrogens (tertiary/aromatic N) is 1. The van der Waals surface area contributed by atoms with Gasteiger partial charge < -0.3 is 16.0 Å². The first-order chi connectivity index (χ1) is 9.36. The summed E-state index contributed by atoms with van der Waals surface area (Å²) >= 11 is 0. The maximum atomic E-state index is 11.9. The van der Waals surface area contributed by atoms with Gasteiger partial charge in [-0.1, -0.05) is 19.4 Å². The van der Waals surface area contributed by atoms with Crippen LogP contribution in [0.3, 0.4) is 0 Å². The number of aryl methyl sites for hydroxylation is 1. The molecule has 1 rings (SSSR count). The first-order valence-electron chi connectivity index (χ1n) is 6.75. The lowest BCUT2D eigenvalue weighted by Gasteiger charge is -2.15. The zero-order chi connectivity index (χ0) is 15.3. The number of rotatable bonds is 5. The molecule has 0 saturated carbocycles. The van der Waals surface area contributed by atoms with E-state index in [0.717, 1.165) is 12.0 Å². The molecule has 1 aromatic carbocycles. The summed E-state index contributed by atoms with van der Waals surface area (Å²) in [4.78, 5) is 25.4. The number of nitrogens with one attached hydrogen (secondary N) is 1. The first-order valence-corrected chi connectivity index (χ1v) is 6.75. The number of hydrogen-bond donors (Lipinski definition) is 2. The summed E-state index contributed by atoms with van der Waals surface area (Å²) in [5.74, 6) is -0.317. The van der Waals surface area contributed by atoms with Crippen LogP contribution in [0, 0.1) is 6.92 Å². The van der Waals surface area contributed by atoms with E-state index in [1.807, 2.05) is 19.9 Å². The second-order valence-electron chi connectivity index (χ2n) is 5.11. The molecule has 3 N–H and O–H groups in total. The highest BCUT2D eigenvalue weighted by molar-refractivity contribution is 5.99. The molecule has 0 bridgehead atoms. The summed E-state index contributed by atoms with van der Waals surface area (Å²) in [6, 6.07) is 4.73. The smallest absolute Gasteiger partial charge is 0.253 e. The van der Waals surface area contributed by atoms with Crippen molar-refractivity contribution >= 4 is 17.5 Å². The molecule has 0 aliphatic rings. The molecule has 0 aliphatic carbocycles. The van der Waals surface area contributed by atoms with E-state index in [4.69, 9.17) is 5.73 Å². The number of amides is 2. The molecule has 0 fully saturated rings. The van der Waals surface area contributed by atoms with Gasteiger partial charge >= 0.3 is 0 Å². The molecule has 0 aromatic heterocycles. The number of benzene rings is 1. The van der Waals surface area contributed by atoms with E-state index in [9.17, 15) is 9.59 Å². The van der Waals surface area contributed by atoms with E-state index >= 15 is 0 Å². The highest BCUT2D eigenvalue weighted by Gasteiger charge is 2.15. The number of anilines is 1. The van der Waals surface area contributed by atoms with Crippen molar-refractivity contribution in [1.29, 1.82) is 0 Å². The van der Waals surface area contributed by atoms with Crippen molar-refractivity contribution in [2.45, 2.75) is 32.7 Å². The van der Waals surface area contributed by atoms with Gasteiger partial charge in [-0.15, -0.1) is 0 Å². The SMILES string of the molecule is CCC[C@@H](N)C(=O)Nc1cc(C(=O)N(C)C)ccc1C. The fraction of sp³-hybridized carbons (Fsp3) is 0.467. The van der Waals surface area contributed by atoms with Crippen molar-refractivity contribution in [1.82, 2.24) is 4.90 Å². The average molecular weight is 277 g/mol. The zero-order valence-corrected chi connectivity index (χ0v) is 12.6. The van der Waals surface area contributed by atoms with Gasteiger partial charge in [0.05, 0.1) is 6.04 Å². The van der Waals surface area contributed by atoms with Gasteiger partial charge in [-0.3, -0.25) is 9.59 Å². The Morgan fingerprint density at radius 3 is 2.55 bits per heavy atom. The molecule has 5 heteroatoms. The molecule has 0 unspecified atom stereocenters. The van der Waals surface area contributed by atoms with Crippen molar-refractivity contribution in [2.75, 3.05) is 19.4 Å². The Balaban J connectivity index is 2.92. The van der Waals surface area contributed by atoms with Crippen molar-refractivity contribution in [3.05, 3.63) is 29.3 Å². The Morgan fingerprint density at radius 2 is 2.00 bits per heavy atom. The van der Waals surface area contributed by atoms with Gasteiger partial charge in [-0.05, 0) is 31.0 Å². The Hall–Kier alpha value is -1.88. The molecular weight excluding hydrogens is 254 g/mol. The lowest BCUT2D eigenvalue weighted by atomic mass is 10.1. The van der Waals surface area contributed by atoms with Crippen LogP contribution in [0.2, 0.25) is 0 Å². The summed E-state index contributed by atoms with van der Waals surface area (Å²) in [5.41, 5.74) is 7.86. The largest absolute Gasteiger partial charge is 0.345 e. The Bertz CT molecular complexity index is 498. The topological polar surface area (TPSA) is 75.4 Å². The van der Waals surface area contributed by atoms with Gasteiger partial charge in [0.25, 0.3) is 5.91 Å². The zero-order valence-electron chi connectivity index (χ0n) is 12.6. The molecule has 2 amide bonds. The average Bonchev–Trinajstić information content (AvgIpc) is 2.40. The lowest BCUT2D eigenvalue weighted by molar-refractivity contribution is -0.117. The van der Waals surface area contributed by atoms with E-state index in [1.54, 1.807) is 26.2 Å². The van der Waals surface area contributed by atoms with Crippen LogP contribution in [0.15, 0.2) is 18.2 Å². The minimum atomic E-state index is -0.521. The molecule has 110 valence electrons. The van der Waals surface area contributed by atoms with E-state index in [1.165, 1.54) is 4.90 Å². The van der Waals surface area contributed by atoms with Crippen LogP contribution in [0.1, 0.15) is 35.7 Å². The van der Waals surface area contributed by atoms with Crippen LogP contribution in [0.5, 0.6) is 0 Å². The van der Waals surface area contributed by atoms with Crippen molar-refractivity contribution in [3.63, 3.8) is 0 Å². The summed E-state index contributed by atoms with van der Waals surface area (Å²) in [7, 11) is 3.38. The van der Waals surface area contributed by atoms with Gasteiger partial charge in [0.15, 0.2) is 0 Å². The van der Waals surface area contributed by atoms with Gasteiger partial charge in [-0.25, -0.2) is 0 Å². The standard InChI is InChI=1S/C15H23N3O2/c1-5-6-12(16)14(19)17-13-9-11(8-7-10(13)2)15(20)18(3)4/h7-9,12H,5-6,16H2,1-4H3,(H,17,19)/t12-/m1/s1. The quantitative estimate of drug-likeness (QED) is 0.861. The van der Waals surface area contributed by atoms with Gasteiger partial charge in [0.2, 0.25) is 5.91 Å². The highest BCUT2D eigenvalue weighted by Crippen LogP contribution is 2.18. The van der Waals surface area contributed by atoms with Crippen molar-refractivity contribution in [2.24, 2.45) is 5.73 Å². The maximum Gasteiger partial charge on any atom is 0.253 e. The number of carbonyl (C=O) groups excluding carboxylic acids is 2. The summed E-state index contributed by atoms with van der Waals surface area (Å²) in [6.45, 7) is 3.86. The molecular formula is C15H23N3O2. The summed E-state index contributed by atoms with van der Waals surface area (Å²) in [6.07, 6.45) is 1.49. The second-order valence-corrected chi connectivity index (χ2v) is 5.11. The van der Waals surface area contributed by atoms with E-state index in [-0.39, 0.29) is 11.8 Å². The monoisotopic (exact) mass is 277 g/mol. The lowest BCUT2D eigenvalue weighted by Crippen LogP contribution is -2.35. The van der Waals surface area contributed by atoms with E-state index in [0.29, 0.717) is 17.7 Å². The molecule has 1 aromatic rings. The van der Waals surface area contributed by atoms with Crippen LogP contribution < -0.4 is 11.1 Å². The van der Waals surface area contributed by atoms with Gasteiger partial charge in [0.1, 0.15) is 0 Å². The van der Waals surface area contributed by atoms with Crippen molar-refractivity contribution < 1.29 is 9.59 Å². The van der Waals surface area contributed by atoms with E-state index in [2.05, 4.69) is 5.32 Å². The van der Waals surface area contributed by atoms with E-state index < -0.39 is 6.04 Å². The third-order valence-electron chi connectivity index (χ3n) is 3.09. The Kier molecular flexibility index (Phi) is 5.70. The molecule has 0 radical (unpaired) electrons. The second kappa shape index (κ2) is 7.05. The molecule has 20 heavy (non-hydrogen) atoms.